The Hall–Kier alpha value is -1.57. The molecule has 3 fully saturated rings. The maximum Gasteiger partial charge on any atom is 0.282 e. The zero-order valence-corrected chi connectivity index (χ0v) is 20.0. The Balaban J connectivity index is 1.41. The van der Waals surface area contributed by atoms with Crippen LogP contribution in [0.25, 0.3) is 0 Å². The predicted molar refractivity (Wildman–Crippen MR) is 119 cm³/mol. The summed E-state index contributed by atoms with van der Waals surface area (Å²) in [5.41, 5.74) is 0.691. The molecule has 3 saturated heterocycles. The number of carbonyl (C=O) groups is 1. The molecule has 0 bridgehead atoms. The third-order valence-electron chi connectivity index (χ3n) is 6.10. The zero-order valence-electron chi connectivity index (χ0n) is 18.4. The number of morpholine rings is 1. The van der Waals surface area contributed by atoms with Gasteiger partial charge in [0.25, 0.3) is 10.2 Å². The monoisotopic (exact) mass is 486 g/mol. The largest absolute Gasteiger partial charge is 0.373 e. The molecule has 3 aliphatic heterocycles. The van der Waals surface area contributed by atoms with E-state index in [0.29, 0.717) is 18.7 Å². The van der Waals surface area contributed by atoms with Crippen molar-refractivity contribution in [1.29, 1.82) is 0 Å². The van der Waals surface area contributed by atoms with Gasteiger partial charge >= 0.3 is 0 Å². The molecule has 32 heavy (non-hydrogen) atoms. The van der Waals surface area contributed by atoms with Crippen LogP contribution in [0.1, 0.15) is 26.7 Å². The van der Waals surface area contributed by atoms with Crippen molar-refractivity contribution in [2.24, 2.45) is 0 Å². The van der Waals surface area contributed by atoms with Crippen LogP contribution < -0.4 is 4.90 Å². The molecule has 3 heterocycles. The Morgan fingerprint density at radius 2 is 1.38 bits per heavy atom. The molecule has 4 rings (SSSR count). The lowest BCUT2D eigenvalue weighted by Crippen LogP contribution is -2.57. The van der Waals surface area contributed by atoms with E-state index in [2.05, 4.69) is 0 Å². The average Bonchev–Trinajstić information content (AvgIpc) is 3.19. The maximum atomic E-state index is 13.1. The molecular formula is C20H30N4O6S2. The first-order valence-electron chi connectivity index (χ1n) is 10.9. The van der Waals surface area contributed by atoms with Crippen LogP contribution in [0.5, 0.6) is 0 Å². The summed E-state index contributed by atoms with van der Waals surface area (Å²) in [5, 5.41) is 0. The van der Waals surface area contributed by atoms with Crippen molar-refractivity contribution in [2.45, 2.75) is 43.8 Å². The van der Waals surface area contributed by atoms with Crippen LogP contribution in [-0.2, 0) is 29.8 Å². The fraction of sp³-hybridized carbons (Fsp3) is 0.650. The van der Waals surface area contributed by atoms with E-state index in [9.17, 15) is 21.6 Å². The molecule has 10 nitrogen and oxygen atoms in total. The van der Waals surface area contributed by atoms with Crippen molar-refractivity contribution in [3.8, 4) is 0 Å². The molecule has 0 spiro atoms. The predicted octanol–water partition coefficient (Wildman–Crippen LogP) is 0.474. The van der Waals surface area contributed by atoms with Gasteiger partial charge in [-0.05, 0) is 44.5 Å². The highest BCUT2D eigenvalue weighted by atomic mass is 32.2. The summed E-state index contributed by atoms with van der Waals surface area (Å²) in [6.45, 7) is 5.27. The van der Waals surface area contributed by atoms with Crippen molar-refractivity contribution in [3.63, 3.8) is 0 Å². The number of piperazine rings is 1. The fourth-order valence-corrected chi connectivity index (χ4v) is 7.66. The molecule has 12 heteroatoms. The van der Waals surface area contributed by atoms with Gasteiger partial charge in [-0.2, -0.15) is 21.3 Å². The number of amides is 1. The van der Waals surface area contributed by atoms with Gasteiger partial charge in [0.15, 0.2) is 0 Å². The molecule has 1 aromatic carbocycles. The van der Waals surface area contributed by atoms with E-state index in [0.717, 1.165) is 6.42 Å². The highest BCUT2D eigenvalue weighted by molar-refractivity contribution is 7.89. The highest BCUT2D eigenvalue weighted by Crippen LogP contribution is 2.26. The van der Waals surface area contributed by atoms with Crippen LogP contribution in [0, 0.1) is 0 Å². The lowest BCUT2D eigenvalue weighted by Gasteiger charge is -2.40. The average molecular weight is 487 g/mol. The smallest absolute Gasteiger partial charge is 0.282 e. The summed E-state index contributed by atoms with van der Waals surface area (Å²) in [6, 6.07) is 6.32. The minimum Gasteiger partial charge on any atom is -0.373 e. The van der Waals surface area contributed by atoms with Crippen LogP contribution in [-0.4, -0.2) is 93.7 Å². The standard InChI is InChI=1S/C20H30N4O6S2/c1-16-14-23(15-17(2)30-16)32(28,29)22-12-10-21(11-13-22)31(26,27)19-7-5-18(6-8-19)24-9-3-4-20(24)25/h5-8,16-17H,3-4,9-15H2,1-2H3. The lowest BCUT2D eigenvalue weighted by molar-refractivity contribution is -0.117. The number of hydrogen-bond donors (Lipinski definition) is 0. The van der Waals surface area contributed by atoms with Gasteiger partial charge in [-0.25, -0.2) is 8.42 Å². The Labute approximate surface area is 189 Å². The first-order chi connectivity index (χ1) is 15.1. The zero-order chi connectivity index (χ0) is 23.1. The molecule has 2 atom stereocenters. The van der Waals surface area contributed by atoms with Gasteiger partial charge in [-0.1, -0.05) is 0 Å². The van der Waals surface area contributed by atoms with Gasteiger partial charge in [0.1, 0.15) is 0 Å². The Kier molecular flexibility index (Phi) is 6.63. The number of sulfonamides is 1. The van der Waals surface area contributed by atoms with E-state index in [-0.39, 0.29) is 62.3 Å². The Bertz CT molecular complexity index is 1040. The number of rotatable bonds is 5. The number of benzene rings is 1. The second-order valence-corrected chi connectivity index (χ2v) is 12.4. The first kappa shape index (κ1) is 23.6. The number of ether oxygens (including phenoxy) is 1. The number of hydrogen-bond acceptors (Lipinski definition) is 6. The van der Waals surface area contributed by atoms with Crippen molar-refractivity contribution >= 4 is 31.8 Å². The summed E-state index contributed by atoms with van der Waals surface area (Å²) in [6.07, 6.45) is 0.937. The second kappa shape index (κ2) is 8.99. The quantitative estimate of drug-likeness (QED) is 0.599. The molecule has 1 aromatic rings. The van der Waals surface area contributed by atoms with Gasteiger partial charge < -0.3 is 9.64 Å². The molecule has 178 valence electrons. The Morgan fingerprint density at radius 1 is 0.812 bits per heavy atom. The lowest BCUT2D eigenvalue weighted by atomic mass is 10.3. The number of anilines is 1. The number of carbonyl (C=O) groups excluding carboxylic acids is 1. The normalized spacial score (nSPS) is 27.2. The van der Waals surface area contributed by atoms with E-state index in [1.54, 1.807) is 17.0 Å². The summed E-state index contributed by atoms with van der Waals surface area (Å²) >= 11 is 0. The maximum absolute atomic E-state index is 13.1. The summed E-state index contributed by atoms with van der Waals surface area (Å²) in [4.78, 5) is 13.7. The van der Waals surface area contributed by atoms with Gasteiger partial charge in [0.05, 0.1) is 17.1 Å². The highest BCUT2D eigenvalue weighted by Gasteiger charge is 2.38. The first-order valence-corrected chi connectivity index (χ1v) is 13.7. The third kappa shape index (κ3) is 4.57. The van der Waals surface area contributed by atoms with Crippen molar-refractivity contribution in [1.82, 2.24) is 12.9 Å². The molecule has 0 N–H and O–H groups in total. The van der Waals surface area contributed by atoms with Crippen LogP contribution in [0.2, 0.25) is 0 Å². The van der Waals surface area contributed by atoms with E-state index >= 15 is 0 Å². The van der Waals surface area contributed by atoms with Crippen molar-refractivity contribution < 1.29 is 26.4 Å². The summed E-state index contributed by atoms with van der Waals surface area (Å²) in [7, 11) is -7.43. The third-order valence-corrected chi connectivity index (χ3v) is 9.98. The van der Waals surface area contributed by atoms with Gasteiger partial charge in [-0.3, -0.25) is 4.79 Å². The van der Waals surface area contributed by atoms with Crippen molar-refractivity contribution in [3.05, 3.63) is 24.3 Å². The van der Waals surface area contributed by atoms with Crippen LogP contribution in [0.15, 0.2) is 29.2 Å². The Morgan fingerprint density at radius 3 is 1.91 bits per heavy atom. The number of nitrogens with zero attached hydrogens (tertiary/aromatic N) is 4. The summed E-state index contributed by atoms with van der Waals surface area (Å²) in [5.74, 6) is 0.0435. The van der Waals surface area contributed by atoms with Crippen molar-refractivity contribution in [2.75, 3.05) is 50.7 Å². The van der Waals surface area contributed by atoms with E-state index < -0.39 is 20.2 Å². The van der Waals surface area contributed by atoms with Crippen LogP contribution >= 0.6 is 0 Å². The van der Waals surface area contributed by atoms with Gasteiger partial charge in [-0.15, -0.1) is 0 Å². The molecule has 0 aliphatic carbocycles. The topological polar surface area (TPSA) is 108 Å². The van der Waals surface area contributed by atoms with E-state index in [4.69, 9.17) is 4.74 Å². The molecule has 2 unspecified atom stereocenters. The minimum absolute atomic E-state index is 0.0435. The van der Waals surface area contributed by atoms with Gasteiger partial charge in [0.2, 0.25) is 15.9 Å². The molecule has 1 amide bonds. The van der Waals surface area contributed by atoms with Crippen LogP contribution in [0.4, 0.5) is 5.69 Å². The van der Waals surface area contributed by atoms with Gasteiger partial charge in [0, 0.05) is 57.9 Å². The van der Waals surface area contributed by atoms with E-state index in [1.165, 1.54) is 25.0 Å². The molecule has 0 radical (unpaired) electrons. The summed E-state index contributed by atoms with van der Waals surface area (Å²) < 4.78 is 62.0. The van der Waals surface area contributed by atoms with E-state index in [1.807, 2.05) is 13.8 Å². The fourth-order valence-electron chi connectivity index (χ4n) is 4.49. The SMILES string of the molecule is CC1CN(S(=O)(=O)N2CCN(S(=O)(=O)c3ccc(N4CCCC4=O)cc3)CC2)CC(C)O1. The minimum atomic E-state index is -3.75. The second-order valence-electron chi connectivity index (χ2n) is 8.53. The van der Waals surface area contributed by atoms with Crippen LogP contribution in [0.3, 0.4) is 0 Å². The molecule has 3 aliphatic rings. The molecular weight excluding hydrogens is 456 g/mol. The molecule has 0 saturated carbocycles. The molecule has 0 aromatic heterocycles.